The van der Waals surface area contributed by atoms with E-state index in [4.69, 9.17) is 32.2 Å². The SMILES string of the molecule is n1c2nc3nc1[O][Pb]([O]c1nc4nc(n1)[O][Pb]1([O]4)[O]c4nc([O][Pb]56[O]c7nc(nc(n7)[O]5)[O]6)nc(n4)[O]1)([O]2)[O]3. The Morgan fingerprint density at radius 2 is 0.538 bits per heavy atom. The molecule has 12 rings (SSSR count). The van der Waals surface area contributed by atoms with Gasteiger partial charge in [-0.15, -0.1) is 0 Å². The molecule has 0 aromatic carbocycles. The molecule has 0 unspecified atom stereocenters. The Hall–Kier alpha value is -3.59. The fraction of sp³-hybridized carbons (Fsp3) is 0. The van der Waals surface area contributed by atoms with E-state index >= 15 is 0 Å². The van der Waals surface area contributed by atoms with Crippen LogP contribution >= 0.6 is 0 Å². The molecule has 1 spiro atoms. The summed E-state index contributed by atoms with van der Waals surface area (Å²) in [6.45, 7) is 0. The minimum atomic E-state index is -5.18. The third kappa shape index (κ3) is 3.31. The van der Waals surface area contributed by atoms with Crippen LogP contribution in [0, 0.1) is 0 Å². The van der Waals surface area contributed by atoms with Crippen molar-refractivity contribution in [3.8, 4) is 72.1 Å². The van der Waals surface area contributed by atoms with E-state index in [9.17, 15) is 0 Å². The van der Waals surface area contributed by atoms with Gasteiger partial charge >= 0.3 is 233 Å². The average molecular weight is 1130 g/mol. The van der Waals surface area contributed by atoms with Crippen LogP contribution in [0.3, 0.4) is 0 Å². The van der Waals surface area contributed by atoms with Crippen molar-refractivity contribution < 1.29 is 32.2 Å². The molecule has 0 N–H and O–H groups in total. The van der Waals surface area contributed by atoms with Crippen LogP contribution in [-0.2, 0) is 0 Å². The second kappa shape index (κ2) is 6.94. The first-order valence-corrected chi connectivity index (χ1v) is 29.3. The van der Waals surface area contributed by atoms with Gasteiger partial charge in [0.15, 0.2) is 0 Å². The first-order chi connectivity index (χ1) is 18.9. The van der Waals surface area contributed by atoms with Gasteiger partial charge in [0.25, 0.3) is 0 Å². The zero-order chi connectivity index (χ0) is 25.4. The monoisotopic (exact) mass is 1130 g/mol. The quantitative estimate of drug-likeness (QED) is 0.179. The van der Waals surface area contributed by atoms with Gasteiger partial charge in [-0.05, 0) is 0 Å². The number of hydrogen-bond acceptors (Lipinski definition) is 24. The Bertz CT molecular complexity index is 1500. The van der Waals surface area contributed by atoms with Crippen molar-refractivity contribution in [3.63, 3.8) is 0 Å². The van der Waals surface area contributed by atoms with Crippen LogP contribution in [-0.4, -0.2) is 129 Å². The van der Waals surface area contributed by atoms with Gasteiger partial charge in [0.05, 0.1) is 0 Å². The zero-order valence-corrected chi connectivity index (χ0v) is 29.4. The van der Waals surface area contributed by atoms with Crippen molar-refractivity contribution in [1.29, 1.82) is 0 Å². The van der Waals surface area contributed by atoms with Crippen molar-refractivity contribution in [2.75, 3.05) is 0 Å². The molecule has 12 bridgehead atoms. The third-order valence-corrected chi connectivity index (χ3v) is 25.1. The second-order valence-electron chi connectivity index (χ2n) is 7.46. The molecule has 27 heteroatoms. The number of fused-ring (bicyclic) bond motifs is 4. The van der Waals surface area contributed by atoms with Gasteiger partial charge in [-0.2, -0.15) is 0 Å². The predicted molar refractivity (Wildman–Crippen MR) is 104 cm³/mol. The normalized spacial score (nSPS) is 19.9. The van der Waals surface area contributed by atoms with Crippen molar-refractivity contribution in [2.45, 2.75) is 0 Å². The molecule has 4 aromatic rings. The van der Waals surface area contributed by atoms with Crippen LogP contribution in [0.15, 0.2) is 0 Å². The van der Waals surface area contributed by atoms with Gasteiger partial charge in [-0.3, -0.25) is 0 Å². The maximum atomic E-state index is 5.75. The molecule has 0 amide bonds. The van der Waals surface area contributed by atoms with Gasteiger partial charge in [-0.1, -0.05) is 0 Å². The summed E-state index contributed by atoms with van der Waals surface area (Å²) >= 11 is -14.9. The molecule has 24 nitrogen and oxygen atoms in total. The van der Waals surface area contributed by atoms with Gasteiger partial charge < -0.3 is 0 Å². The minimum absolute atomic E-state index is 0.0217. The summed E-state index contributed by atoms with van der Waals surface area (Å²) in [5, 5.41) is 0. The van der Waals surface area contributed by atoms with E-state index in [1.807, 2.05) is 0 Å². The summed E-state index contributed by atoms with van der Waals surface area (Å²) in [6.07, 6.45) is 0. The fourth-order valence-electron chi connectivity index (χ4n) is 3.55. The predicted octanol–water partition coefficient (Wildman–Crippen LogP) is -3.54. The Kier molecular flexibility index (Phi) is 3.78. The molecule has 39 heavy (non-hydrogen) atoms. The molecular weight excluding hydrogens is 1130 g/mol. The molecule has 0 fully saturated rings. The Morgan fingerprint density at radius 3 is 0.795 bits per heavy atom. The van der Waals surface area contributed by atoms with E-state index in [1.54, 1.807) is 0 Å². The zero-order valence-electron chi connectivity index (χ0n) is 17.8. The summed E-state index contributed by atoms with van der Waals surface area (Å²) in [5.41, 5.74) is 0. The van der Waals surface area contributed by atoms with Gasteiger partial charge in [-0.25, -0.2) is 0 Å². The maximum absolute atomic E-state index is 5.75. The van der Waals surface area contributed by atoms with Crippen LogP contribution in [0.5, 0.6) is 72.1 Å². The van der Waals surface area contributed by atoms with E-state index < -0.39 is 68.9 Å². The van der Waals surface area contributed by atoms with Crippen molar-refractivity contribution in [1.82, 2.24) is 59.8 Å². The van der Waals surface area contributed by atoms with E-state index in [1.165, 1.54) is 0 Å². The van der Waals surface area contributed by atoms with Crippen LogP contribution in [0.25, 0.3) is 0 Å². The number of hydrogen-bond donors (Lipinski definition) is 0. The second-order valence-corrected chi connectivity index (χ2v) is 28.6. The number of aromatic nitrogens is 12. The summed E-state index contributed by atoms with van der Waals surface area (Å²) in [6, 6.07) is -1.29. The summed E-state index contributed by atoms with van der Waals surface area (Å²) < 4.78 is 67.6. The van der Waals surface area contributed by atoms with E-state index in [2.05, 4.69) is 59.8 Å². The summed E-state index contributed by atoms with van der Waals surface area (Å²) in [4.78, 5) is 47.7. The molecule has 12 heterocycles. The van der Waals surface area contributed by atoms with E-state index in [0.717, 1.165) is 0 Å². The van der Waals surface area contributed by atoms with Crippen LogP contribution in [0.1, 0.15) is 0 Å². The average Bonchev–Trinajstić information content (AvgIpc) is 2.80. The molecule has 0 saturated carbocycles. The number of rotatable bonds is 4. The van der Waals surface area contributed by atoms with Crippen molar-refractivity contribution >= 4 is 68.9 Å². The van der Waals surface area contributed by atoms with Crippen molar-refractivity contribution in [3.05, 3.63) is 0 Å². The standard InChI is InChI=1S/4C3H3N3O3.3Pb/c4*7-1-4-2(8)6-3(9)5-1;;;/h4*(H3,4,5,6,7,8,9);;;/q;;;;3*+4/p-12. The Morgan fingerprint density at radius 1 is 0.308 bits per heavy atom. The molecular formula is C12N12O12Pb3. The third-order valence-electron chi connectivity index (χ3n) is 4.89. The molecule has 192 valence electrons. The summed E-state index contributed by atoms with van der Waals surface area (Å²) in [7, 11) is 0. The van der Waals surface area contributed by atoms with Crippen LogP contribution in [0.4, 0.5) is 0 Å². The van der Waals surface area contributed by atoms with Crippen molar-refractivity contribution in [2.24, 2.45) is 0 Å². The van der Waals surface area contributed by atoms with Gasteiger partial charge in [0.1, 0.15) is 0 Å². The Labute approximate surface area is 231 Å². The molecule has 0 atom stereocenters. The first-order valence-electron chi connectivity index (χ1n) is 10.3. The fourth-order valence-corrected chi connectivity index (χ4v) is 21.2. The molecule has 0 aliphatic carbocycles. The first kappa shape index (κ1) is 21.3. The van der Waals surface area contributed by atoms with Crippen LogP contribution < -0.4 is 32.2 Å². The molecule has 8 aliphatic heterocycles. The van der Waals surface area contributed by atoms with E-state index in [0.29, 0.717) is 0 Å². The molecule has 4 aromatic heterocycles. The Balaban J connectivity index is 0.885. The molecule has 8 aliphatic rings. The molecule has 0 saturated heterocycles. The van der Waals surface area contributed by atoms with E-state index in [-0.39, 0.29) is 72.1 Å². The number of nitrogens with zero attached hydrogens (tertiary/aromatic N) is 12. The van der Waals surface area contributed by atoms with Gasteiger partial charge in [0, 0.05) is 0 Å². The van der Waals surface area contributed by atoms with Gasteiger partial charge in [0.2, 0.25) is 0 Å². The topological polar surface area (TPSA) is 265 Å². The van der Waals surface area contributed by atoms with Crippen LogP contribution in [0.2, 0.25) is 0 Å². The summed E-state index contributed by atoms with van der Waals surface area (Å²) in [5.74, 6) is 0. The molecule has 0 radical (unpaired) electrons.